The minimum Gasteiger partial charge on any atom is -0.272 e. The van der Waals surface area contributed by atoms with Gasteiger partial charge in [-0.1, -0.05) is 26.0 Å². The zero-order chi connectivity index (χ0) is 21.1. The van der Waals surface area contributed by atoms with Gasteiger partial charge < -0.3 is 0 Å². The fraction of sp³-hybridized carbons (Fsp3) is 0.304. The van der Waals surface area contributed by atoms with Crippen LogP contribution in [0.5, 0.6) is 0 Å². The predicted octanol–water partition coefficient (Wildman–Crippen LogP) is 3.39. The first-order chi connectivity index (χ1) is 14.3. The van der Waals surface area contributed by atoms with E-state index in [1.54, 1.807) is 0 Å². The van der Waals surface area contributed by atoms with Crippen LogP contribution in [0.4, 0.5) is 4.39 Å². The summed E-state index contributed by atoms with van der Waals surface area (Å²) in [4.78, 5) is 35.6. The minimum atomic E-state index is -0.875. The summed E-state index contributed by atoms with van der Waals surface area (Å²) in [5, 5.41) is 0. The first-order valence-corrected chi connectivity index (χ1v) is 9.98. The molecule has 2 atom stereocenters. The van der Waals surface area contributed by atoms with Gasteiger partial charge in [-0.25, -0.2) is 14.4 Å². The number of hydrogen-bond acceptors (Lipinski definition) is 4. The standard InChI is InChI=1S/C23H21FN4O2/c1-22(2)15-11-12-23(22,19-18(15)25-16-5-3-4-6-17(16)26-19)21(30)28-27-20(29)13-7-9-14(24)10-8-13/h3-10,15H,11-12H2,1-2H3,(H,27,29)(H,28,30). The molecule has 1 saturated carbocycles. The quantitative estimate of drug-likeness (QED) is 0.642. The van der Waals surface area contributed by atoms with Crippen LogP contribution in [-0.2, 0) is 10.2 Å². The number of benzene rings is 2. The first-order valence-electron chi connectivity index (χ1n) is 9.98. The van der Waals surface area contributed by atoms with Crippen molar-refractivity contribution in [2.45, 2.75) is 38.0 Å². The molecule has 0 spiro atoms. The molecule has 1 aromatic heterocycles. The lowest BCUT2D eigenvalue weighted by Gasteiger charge is -2.36. The third-order valence-electron chi connectivity index (χ3n) is 6.89. The second kappa shape index (κ2) is 6.32. The molecule has 2 unspecified atom stereocenters. The Balaban J connectivity index is 1.48. The Morgan fingerprint density at radius 2 is 1.67 bits per heavy atom. The van der Waals surface area contributed by atoms with Gasteiger partial charge in [0.1, 0.15) is 11.2 Å². The number of rotatable bonds is 2. The molecule has 6 nitrogen and oxygen atoms in total. The van der Waals surface area contributed by atoms with Crippen molar-refractivity contribution in [2.75, 3.05) is 0 Å². The molecular formula is C23H21FN4O2. The van der Waals surface area contributed by atoms with Crippen molar-refractivity contribution in [2.24, 2.45) is 5.41 Å². The Bertz CT molecular complexity index is 1190. The van der Waals surface area contributed by atoms with E-state index in [9.17, 15) is 14.0 Å². The number of aromatic nitrogens is 2. The largest absolute Gasteiger partial charge is 0.272 e. The molecule has 1 fully saturated rings. The molecule has 30 heavy (non-hydrogen) atoms. The van der Waals surface area contributed by atoms with Crippen molar-refractivity contribution in [3.63, 3.8) is 0 Å². The lowest BCUT2D eigenvalue weighted by atomic mass is 9.68. The van der Waals surface area contributed by atoms with Crippen molar-refractivity contribution in [1.29, 1.82) is 0 Å². The molecule has 0 aliphatic heterocycles. The van der Waals surface area contributed by atoms with E-state index in [4.69, 9.17) is 9.97 Å². The van der Waals surface area contributed by atoms with E-state index in [1.165, 1.54) is 24.3 Å². The minimum absolute atomic E-state index is 0.128. The van der Waals surface area contributed by atoms with Crippen LogP contribution in [-0.4, -0.2) is 21.8 Å². The number of hydrazine groups is 1. The van der Waals surface area contributed by atoms with Crippen molar-refractivity contribution < 1.29 is 14.0 Å². The molecule has 2 bridgehead atoms. The maximum Gasteiger partial charge on any atom is 0.269 e. The zero-order valence-corrected chi connectivity index (χ0v) is 16.7. The van der Waals surface area contributed by atoms with Crippen LogP contribution in [0.1, 0.15) is 54.4 Å². The van der Waals surface area contributed by atoms with Crippen LogP contribution in [0.3, 0.4) is 0 Å². The Morgan fingerprint density at radius 3 is 2.37 bits per heavy atom. The number of carbonyl (C=O) groups excluding carboxylic acids is 2. The number of amides is 2. The van der Waals surface area contributed by atoms with Crippen molar-refractivity contribution in [3.05, 3.63) is 71.3 Å². The van der Waals surface area contributed by atoms with Gasteiger partial charge in [0.2, 0.25) is 0 Å². The third-order valence-corrected chi connectivity index (χ3v) is 6.89. The summed E-state index contributed by atoms with van der Waals surface area (Å²) >= 11 is 0. The maximum atomic E-state index is 13.5. The van der Waals surface area contributed by atoms with Crippen LogP contribution < -0.4 is 10.9 Å². The molecule has 2 N–H and O–H groups in total. The van der Waals surface area contributed by atoms with Crippen molar-refractivity contribution in [1.82, 2.24) is 20.8 Å². The van der Waals surface area contributed by atoms with Crippen LogP contribution in [0, 0.1) is 11.2 Å². The monoisotopic (exact) mass is 404 g/mol. The number of halogens is 1. The number of para-hydroxylation sites is 2. The smallest absolute Gasteiger partial charge is 0.269 e. The van der Waals surface area contributed by atoms with Gasteiger partial charge in [-0.05, 0) is 54.7 Å². The van der Waals surface area contributed by atoms with Gasteiger partial charge in [-0.3, -0.25) is 20.4 Å². The lowest BCUT2D eigenvalue weighted by Crippen LogP contribution is -2.54. The van der Waals surface area contributed by atoms with Gasteiger partial charge in [0.15, 0.2) is 0 Å². The van der Waals surface area contributed by atoms with E-state index in [0.717, 1.165) is 23.1 Å². The highest BCUT2D eigenvalue weighted by molar-refractivity contribution is 5.98. The van der Waals surface area contributed by atoms with E-state index in [0.29, 0.717) is 12.1 Å². The molecule has 1 heterocycles. The van der Waals surface area contributed by atoms with Gasteiger partial charge in [-0.15, -0.1) is 0 Å². The normalized spacial score (nSPS) is 23.2. The maximum absolute atomic E-state index is 13.5. The molecule has 2 amide bonds. The number of hydrogen-bond donors (Lipinski definition) is 2. The summed E-state index contributed by atoms with van der Waals surface area (Å²) in [6.07, 6.45) is 1.48. The SMILES string of the molecule is CC1(C)C2CCC1(C(=O)NNC(=O)c1ccc(F)cc1)c1nc3ccccc3nc12. The van der Waals surface area contributed by atoms with E-state index in [2.05, 4.69) is 24.7 Å². The van der Waals surface area contributed by atoms with Gasteiger partial charge in [-0.2, -0.15) is 0 Å². The molecule has 2 aliphatic carbocycles. The molecule has 7 heteroatoms. The summed E-state index contributed by atoms with van der Waals surface area (Å²) in [5.74, 6) is -1.10. The van der Waals surface area contributed by atoms with Gasteiger partial charge in [0.25, 0.3) is 11.8 Å². The van der Waals surface area contributed by atoms with E-state index < -0.39 is 22.6 Å². The van der Waals surface area contributed by atoms with E-state index in [1.807, 2.05) is 24.3 Å². The van der Waals surface area contributed by atoms with Crippen molar-refractivity contribution in [3.8, 4) is 0 Å². The number of nitrogens with one attached hydrogen (secondary N) is 2. The molecule has 0 radical (unpaired) electrons. The summed E-state index contributed by atoms with van der Waals surface area (Å²) < 4.78 is 13.1. The highest BCUT2D eigenvalue weighted by atomic mass is 19.1. The van der Waals surface area contributed by atoms with E-state index in [-0.39, 0.29) is 17.4 Å². The third kappa shape index (κ3) is 2.41. The Morgan fingerprint density at radius 1 is 1.00 bits per heavy atom. The van der Waals surface area contributed by atoms with Crippen LogP contribution in [0.2, 0.25) is 0 Å². The highest BCUT2D eigenvalue weighted by Gasteiger charge is 2.68. The number of carbonyl (C=O) groups is 2. The summed E-state index contributed by atoms with van der Waals surface area (Å²) in [6, 6.07) is 12.8. The topological polar surface area (TPSA) is 84.0 Å². The van der Waals surface area contributed by atoms with Crippen molar-refractivity contribution >= 4 is 22.8 Å². The second-order valence-corrected chi connectivity index (χ2v) is 8.58. The van der Waals surface area contributed by atoms with Crippen LogP contribution in [0.15, 0.2) is 48.5 Å². The lowest BCUT2D eigenvalue weighted by molar-refractivity contribution is -0.130. The zero-order valence-electron chi connectivity index (χ0n) is 16.7. The molecule has 2 aliphatic rings. The average molecular weight is 404 g/mol. The van der Waals surface area contributed by atoms with Crippen LogP contribution in [0.25, 0.3) is 11.0 Å². The Kier molecular flexibility index (Phi) is 3.93. The van der Waals surface area contributed by atoms with Gasteiger partial charge >= 0.3 is 0 Å². The second-order valence-electron chi connectivity index (χ2n) is 8.58. The summed E-state index contributed by atoms with van der Waals surface area (Å²) in [6.45, 7) is 4.14. The molecule has 2 aromatic carbocycles. The fourth-order valence-corrected chi connectivity index (χ4v) is 5.22. The van der Waals surface area contributed by atoms with E-state index >= 15 is 0 Å². The predicted molar refractivity (Wildman–Crippen MR) is 109 cm³/mol. The average Bonchev–Trinajstić information content (AvgIpc) is 3.12. The van der Waals surface area contributed by atoms with Crippen LogP contribution >= 0.6 is 0 Å². The number of nitrogens with zero attached hydrogens (tertiary/aromatic N) is 2. The molecular weight excluding hydrogens is 383 g/mol. The molecule has 0 saturated heterocycles. The fourth-order valence-electron chi connectivity index (χ4n) is 5.22. The number of fused-ring (bicyclic) bond motifs is 6. The molecule has 5 rings (SSSR count). The van der Waals surface area contributed by atoms with Gasteiger partial charge in [0, 0.05) is 11.5 Å². The molecule has 152 valence electrons. The highest BCUT2D eigenvalue weighted by Crippen LogP contribution is 2.67. The first kappa shape index (κ1) is 18.7. The Labute approximate surface area is 172 Å². The molecule has 3 aromatic rings. The Hall–Kier alpha value is -3.35. The summed E-state index contributed by atoms with van der Waals surface area (Å²) in [7, 11) is 0. The van der Waals surface area contributed by atoms with Gasteiger partial charge in [0.05, 0.1) is 22.4 Å². The summed E-state index contributed by atoms with van der Waals surface area (Å²) in [5.41, 5.74) is 7.22.